The van der Waals surface area contributed by atoms with E-state index in [4.69, 9.17) is 5.73 Å². The van der Waals surface area contributed by atoms with E-state index in [0.717, 1.165) is 6.07 Å². The molecular formula is C13H19F3N2O. The Kier molecular flexibility index (Phi) is 5.20. The van der Waals surface area contributed by atoms with Gasteiger partial charge in [0.25, 0.3) is 0 Å². The third kappa shape index (κ3) is 4.40. The van der Waals surface area contributed by atoms with Gasteiger partial charge >= 0.3 is 6.18 Å². The molecule has 0 heterocycles. The van der Waals surface area contributed by atoms with Gasteiger partial charge in [-0.15, -0.1) is 0 Å². The SMILES string of the molecule is CC(O)CCN(C)c1ccc(C(F)(F)F)c(CN)c1. The molecule has 0 aliphatic heterocycles. The number of anilines is 1. The Morgan fingerprint density at radius 3 is 2.47 bits per heavy atom. The third-order valence-electron chi connectivity index (χ3n) is 2.94. The Bertz CT molecular complexity index is 419. The number of halogens is 3. The molecule has 3 nitrogen and oxygen atoms in total. The van der Waals surface area contributed by atoms with E-state index in [1.165, 1.54) is 12.1 Å². The van der Waals surface area contributed by atoms with E-state index >= 15 is 0 Å². The lowest BCUT2D eigenvalue weighted by atomic mass is 10.1. The summed E-state index contributed by atoms with van der Waals surface area (Å²) in [6, 6.07) is 3.92. The van der Waals surface area contributed by atoms with E-state index in [9.17, 15) is 18.3 Å². The third-order valence-corrected chi connectivity index (χ3v) is 2.94. The van der Waals surface area contributed by atoms with Crippen LogP contribution in [-0.4, -0.2) is 24.8 Å². The average Bonchev–Trinajstić information content (AvgIpc) is 2.33. The highest BCUT2D eigenvalue weighted by Crippen LogP contribution is 2.33. The van der Waals surface area contributed by atoms with Gasteiger partial charge in [-0.05, 0) is 37.1 Å². The molecule has 108 valence electrons. The zero-order valence-electron chi connectivity index (χ0n) is 11.0. The Morgan fingerprint density at radius 2 is 2.00 bits per heavy atom. The van der Waals surface area contributed by atoms with Crippen molar-refractivity contribution in [1.29, 1.82) is 0 Å². The molecule has 1 atom stereocenters. The molecule has 0 aliphatic rings. The maximum absolute atomic E-state index is 12.7. The Morgan fingerprint density at radius 1 is 1.37 bits per heavy atom. The van der Waals surface area contributed by atoms with Crippen molar-refractivity contribution in [2.75, 3.05) is 18.5 Å². The summed E-state index contributed by atoms with van der Waals surface area (Å²) < 4.78 is 38.2. The summed E-state index contributed by atoms with van der Waals surface area (Å²) in [5.74, 6) is 0. The first-order valence-electron chi connectivity index (χ1n) is 6.05. The maximum Gasteiger partial charge on any atom is 0.416 e. The lowest BCUT2D eigenvalue weighted by Crippen LogP contribution is -2.22. The summed E-state index contributed by atoms with van der Waals surface area (Å²) in [5, 5.41) is 9.20. The van der Waals surface area contributed by atoms with Crippen molar-refractivity contribution in [3.05, 3.63) is 29.3 Å². The van der Waals surface area contributed by atoms with Crippen LogP contribution in [0.5, 0.6) is 0 Å². The van der Waals surface area contributed by atoms with Crippen molar-refractivity contribution in [3.8, 4) is 0 Å². The number of alkyl halides is 3. The smallest absolute Gasteiger partial charge is 0.393 e. The molecule has 19 heavy (non-hydrogen) atoms. The summed E-state index contributed by atoms with van der Waals surface area (Å²) in [6.07, 6.45) is -4.27. The molecule has 1 unspecified atom stereocenters. The van der Waals surface area contributed by atoms with Gasteiger partial charge in [-0.1, -0.05) is 0 Å². The standard InChI is InChI=1S/C13H19F3N2O/c1-9(19)5-6-18(2)11-3-4-12(13(14,15)16)10(7-11)8-17/h3-4,7,9,19H,5-6,8,17H2,1-2H3. The summed E-state index contributed by atoms with van der Waals surface area (Å²) in [4.78, 5) is 1.80. The van der Waals surface area contributed by atoms with Crippen LogP contribution in [0.25, 0.3) is 0 Å². The van der Waals surface area contributed by atoms with E-state index in [0.29, 0.717) is 18.7 Å². The van der Waals surface area contributed by atoms with Gasteiger partial charge in [0.1, 0.15) is 0 Å². The van der Waals surface area contributed by atoms with Gasteiger partial charge in [-0.3, -0.25) is 0 Å². The zero-order chi connectivity index (χ0) is 14.6. The second-order valence-electron chi connectivity index (χ2n) is 4.60. The fraction of sp³-hybridized carbons (Fsp3) is 0.538. The second-order valence-corrected chi connectivity index (χ2v) is 4.60. The summed E-state index contributed by atoms with van der Waals surface area (Å²) >= 11 is 0. The number of hydrogen-bond acceptors (Lipinski definition) is 3. The monoisotopic (exact) mass is 276 g/mol. The van der Waals surface area contributed by atoms with Crippen molar-refractivity contribution >= 4 is 5.69 Å². The van der Waals surface area contributed by atoms with Gasteiger partial charge in [0.15, 0.2) is 0 Å². The predicted octanol–water partition coefficient (Wildman–Crippen LogP) is 2.37. The molecule has 0 aliphatic carbocycles. The average molecular weight is 276 g/mol. The summed E-state index contributed by atoms with van der Waals surface area (Å²) in [5.41, 5.74) is 5.43. The highest BCUT2D eigenvalue weighted by atomic mass is 19.4. The summed E-state index contributed by atoms with van der Waals surface area (Å²) in [7, 11) is 1.77. The number of hydrogen-bond donors (Lipinski definition) is 2. The molecular weight excluding hydrogens is 257 g/mol. The predicted molar refractivity (Wildman–Crippen MR) is 68.9 cm³/mol. The van der Waals surface area contributed by atoms with Gasteiger partial charge in [0.05, 0.1) is 11.7 Å². The zero-order valence-corrected chi connectivity index (χ0v) is 11.0. The molecule has 0 saturated carbocycles. The van der Waals surface area contributed by atoms with Crippen molar-refractivity contribution in [1.82, 2.24) is 0 Å². The number of aliphatic hydroxyl groups excluding tert-OH is 1. The molecule has 1 aromatic rings. The van der Waals surface area contributed by atoms with E-state index < -0.39 is 17.8 Å². The molecule has 0 radical (unpaired) electrons. The Balaban J connectivity index is 2.93. The van der Waals surface area contributed by atoms with Crippen molar-refractivity contribution < 1.29 is 18.3 Å². The van der Waals surface area contributed by atoms with Crippen LogP contribution in [-0.2, 0) is 12.7 Å². The Hall–Kier alpha value is -1.27. The lowest BCUT2D eigenvalue weighted by Gasteiger charge is -2.22. The minimum absolute atomic E-state index is 0.0777. The number of nitrogens with two attached hydrogens (primary N) is 1. The van der Waals surface area contributed by atoms with Crippen LogP contribution >= 0.6 is 0 Å². The van der Waals surface area contributed by atoms with Crippen molar-refractivity contribution in [2.45, 2.75) is 32.2 Å². The molecule has 0 aromatic heterocycles. The normalized spacial score (nSPS) is 13.4. The second kappa shape index (κ2) is 6.25. The fourth-order valence-corrected chi connectivity index (χ4v) is 1.77. The number of aliphatic hydroxyl groups is 1. The molecule has 0 spiro atoms. The largest absolute Gasteiger partial charge is 0.416 e. The van der Waals surface area contributed by atoms with Crippen LogP contribution in [0.4, 0.5) is 18.9 Å². The maximum atomic E-state index is 12.7. The molecule has 6 heteroatoms. The highest BCUT2D eigenvalue weighted by Gasteiger charge is 2.33. The van der Waals surface area contributed by atoms with Crippen LogP contribution in [0.1, 0.15) is 24.5 Å². The molecule has 0 amide bonds. The Labute approximate surface area is 110 Å². The fourth-order valence-electron chi connectivity index (χ4n) is 1.77. The van der Waals surface area contributed by atoms with Crippen molar-refractivity contribution in [2.24, 2.45) is 5.73 Å². The van der Waals surface area contributed by atoms with Gasteiger partial charge in [0.2, 0.25) is 0 Å². The molecule has 1 rings (SSSR count). The number of rotatable bonds is 5. The molecule has 0 saturated heterocycles. The quantitative estimate of drug-likeness (QED) is 0.868. The van der Waals surface area contributed by atoms with Crippen LogP contribution in [0.15, 0.2) is 18.2 Å². The molecule has 0 bridgehead atoms. The highest BCUT2D eigenvalue weighted by molar-refractivity contribution is 5.51. The van der Waals surface area contributed by atoms with Gasteiger partial charge < -0.3 is 15.7 Å². The van der Waals surface area contributed by atoms with E-state index in [2.05, 4.69) is 0 Å². The number of nitrogens with zero attached hydrogens (tertiary/aromatic N) is 1. The van der Waals surface area contributed by atoms with Crippen LogP contribution in [0, 0.1) is 0 Å². The molecule has 3 N–H and O–H groups in total. The first-order chi connectivity index (χ1) is 8.75. The topological polar surface area (TPSA) is 49.5 Å². The van der Waals surface area contributed by atoms with Crippen LogP contribution in [0.3, 0.4) is 0 Å². The molecule has 1 aromatic carbocycles. The first-order valence-corrected chi connectivity index (χ1v) is 6.05. The lowest BCUT2D eigenvalue weighted by molar-refractivity contribution is -0.138. The van der Waals surface area contributed by atoms with Gasteiger partial charge in [-0.2, -0.15) is 13.2 Å². The number of benzene rings is 1. The van der Waals surface area contributed by atoms with Crippen molar-refractivity contribution in [3.63, 3.8) is 0 Å². The van der Waals surface area contributed by atoms with E-state index in [-0.39, 0.29) is 12.1 Å². The van der Waals surface area contributed by atoms with Gasteiger partial charge in [-0.25, -0.2) is 0 Å². The molecule has 0 fully saturated rings. The minimum atomic E-state index is -4.38. The van der Waals surface area contributed by atoms with Crippen LogP contribution in [0.2, 0.25) is 0 Å². The first kappa shape index (κ1) is 15.8. The van der Waals surface area contributed by atoms with E-state index in [1.807, 2.05) is 0 Å². The van der Waals surface area contributed by atoms with Gasteiger partial charge in [0, 0.05) is 25.8 Å². The minimum Gasteiger partial charge on any atom is -0.393 e. The summed E-state index contributed by atoms with van der Waals surface area (Å²) in [6.45, 7) is 2.08. The van der Waals surface area contributed by atoms with Crippen LogP contribution < -0.4 is 10.6 Å². The van der Waals surface area contributed by atoms with E-state index in [1.54, 1.807) is 18.9 Å².